The van der Waals surface area contributed by atoms with E-state index in [-0.39, 0.29) is 24.3 Å². The molecule has 1 fully saturated rings. The van der Waals surface area contributed by atoms with Gasteiger partial charge in [0.25, 0.3) is 11.8 Å². The maximum absolute atomic E-state index is 13.0. The Morgan fingerprint density at radius 3 is 2.11 bits per heavy atom. The fourth-order valence-corrected chi connectivity index (χ4v) is 3.96. The molecule has 8 nitrogen and oxygen atoms in total. The number of carbonyl (C=O) groups excluding carboxylic acids is 3. The predicted octanol–water partition coefficient (Wildman–Crippen LogP) is 1.46. The molecule has 1 aliphatic heterocycles. The fraction of sp³-hybridized carbons (Fsp3) is 0.222. The second-order valence-electron chi connectivity index (χ2n) is 8.48. The summed E-state index contributed by atoms with van der Waals surface area (Å²) in [5.74, 6) is 1.36. The third-order valence-corrected chi connectivity index (χ3v) is 6.09. The number of rotatable bonds is 7. The lowest BCUT2D eigenvalue weighted by atomic mass is 9.89. The third-order valence-electron chi connectivity index (χ3n) is 6.09. The molecule has 3 amide bonds. The summed E-state index contributed by atoms with van der Waals surface area (Å²) in [6.07, 6.45) is 0. The van der Waals surface area contributed by atoms with Crippen molar-refractivity contribution in [2.24, 2.45) is 0 Å². The molecule has 0 aromatic heterocycles. The van der Waals surface area contributed by atoms with Gasteiger partial charge in [0.2, 0.25) is 5.91 Å². The Hall–Kier alpha value is -4.27. The first-order valence-corrected chi connectivity index (χ1v) is 11.8. The summed E-state index contributed by atoms with van der Waals surface area (Å²) in [4.78, 5) is 41.5. The minimum atomic E-state index is -0.336. The molecule has 0 spiro atoms. The average molecular weight is 485 g/mol. The standard InChI is InChI=1S/C27H28BN3O5/c1-35-22-11-12-24(28)23(17-22)27(34)31-15-13-30(14-16-31)25(32)18-29-26(33)19-7-9-21(10-8-19)36-20-5-3-2-4-6-20/h2-12,17H,13-16,18,28H2,1H3,(H,29,33). The van der Waals surface area contributed by atoms with E-state index in [0.29, 0.717) is 54.6 Å². The number of nitrogens with zero attached hydrogens (tertiary/aromatic N) is 2. The molecule has 36 heavy (non-hydrogen) atoms. The second kappa shape index (κ2) is 11.4. The van der Waals surface area contributed by atoms with Gasteiger partial charge in [-0.2, -0.15) is 0 Å². The summed E-state index contributed by atoms with van der Waals surface area (Å²) in [5, 5.41) is 2.68. The predicted molar refractivity (Wildman–Crippen MR) is 139 cm³/mol. The van der Waals surface area contributed by atoms with Crippen LogP contribution in [0.1, 0.15) is 20.7 Å². The lowest BCUT2D eigenvalue weighted by Gasteiger charge is -2.35. The maximum Gasteiger partial charge on any atom is 0.253 e. The molecule has 0 atom stereocenters. The van der Waals surface area contributed by atoms with Crippen molar-refractivity contribution in [3.8, 4) is 17.2 Å². The molecule has 9 heteroatoms. The van der Waals surface area contributed by atoms with Crippen LogP contribution in [0.2, 0.25) is 0 Å². The van der Waals surface area contributed by atoms with Crippen molar-refractivity contribution in [2.75, 3.05) is 39.8 Å². The molecule has 1 saturated heterocycles. The van der Waals surface area contributed by atoms with E-state index in [1.807, 2.05) is 50.3 Å². The molecule has 0 saturated carbocycles. The minimum absolute atomic E-state index is 0.0773. The van der Waals surface area contributed by atoms with Crippen LogP contribution in [-0.2, 0) is 4.79 Å². The molecule has 3 aromatic carbocycles. The number of ether oxygens (including phenoxy) is 2. The van der Waals surface area contributed by atoms with Gasteiger partial charge in [-0.3, -0.25) is 14.4 Å². The van der Waals surface area contributed by atoms with Crippen molar-refractivity contribution in [1.82, 2.24) is 15.1 Å². The van der Waals surface area contributed by atoms with Gasteiger partial charge in [0.1, 0.15) is 25.1 Å². The molecule has 0 unspecified atom stereocenters. The second-order valence-corrected chi connectivity index (χ2v) is 8.48. The number of piperazine rings is 1. The summed E-state index contributed by atoms with van der Waals surface area (Å²) in [5.41, 5.74) is 1.91. The van der Waals surface area contributed by atoms with Gasteiger partial charge in [-0.05, 0) is 48.5 Å². The van der Waals surface area contributed by atoms with E-state index in [1.165, 1.54) is 0 Å². The molecule has 0 aliphatic carbocycles. The Morgan fingerprint density at radius 2 is 1.44 bits per heavy atom. The number of carbonyl (C=O) groups is 3. The maximum atomic E-state index is 13.0. The van der Waals surface area contributed by atoms with E-state index in [4.69, 9.17) is 9.47 Å². The van der Waals surface area contributed by atoms with Crippen LogP contribution in [0.15, 0.2) is 72.8 Å². The summed E-state index contributed by atoms with van der Waals surface area (Å²) in [7, 11) is 3.45. The van der Waals surface area contributed by atoms with Gasteiger partial charge in [-0.1, -0.05) is 29.7 Å². The molecule has 0 radical (unpaired) electrons. The molecule has 3 aromatic rings. The van der Waals surface area contributed by atoms with Gasteiger partial charge < -0.3 is 24.6 Å². The Labute approximate surface area is 211 Å². The average Bonchev–Trinajstić information content (AvgIpc) is 2.92. The number of methoxy groups -OCH3 is 1. The van der Waals surface area contributed by atoms with Crippen molar-refractivity contribution in [3.05, 3.63) is 83.9 Å². The van der Waals surface area contributed by atoms with E-state index in [9.17, 15) is 14.4 Å². The number of hydrogen-bond donors (Lipinski definition) is 1. The molecule has 1 heterocycles. The van der Waals surface area contributed by atoms with Gasteiger partial charge in [0.05, 0.1) is 13.7 Å². The van der Waals surface area contributed by atoms with Gasteiger partial charge in [0.15, 0.2) is 0 Å². The van der Waals surface area contributed by atoms with Crippen LogP contribution in [0.4, 0.5) is 0 Å². The summed E-state index contributed by atoms with van der Waals surface area (Å²) in [6.45, 7) is 1.57. The van der Waals surface area contributed by atoms with E-state index < -0.39 is 0 Å². The van der Waals surface area contributed by atoms with Gasteiger partial charge in [-0.15, -0.1) is 0 Å². The molecular formula is C27H28BN3O5. The number of nitrogens with one attached hydrogen (secondary N) is 1. The molecule has 184 valence electrons. The highest BCUT2D eigenvalue weighted by atomic mass is 16.5. The van der Waals surface area contributed by atoms with Crippen LogP contribution < -0.4 is 20.3 Å². The summed E-state index contributed by atoms with van der Waals surface area (Å²) in [6, 6.07) is 21.5. The SMILES string of the molecule is Bc1ccc(OC)cc1C(=O)N1CCN(C(=O)CNC(=O)c2ccc(Oc3ccccc3)cc2)CC1. The Balaban J connectivity index is 1.24. The Morgan fingerprint density at radius 1 is 0.833 bits per heavy atom. The lowest BCUT2D eigenvalue weighted by Crippen LogP contribution is -2.53. The van der Waals surface area contributed by atoms with E-state index in [2.05, 4.69) is 5.32 Å². The van der Waals surface area contributed by atoms with Crippen molar-refractivity contribution in [1.29, 1.82) is 0 Å². The highest BCUT2D eigenvalue weighted by Gasteiger charge is 2.26. The van der Waals surface area contributed by atoms with Crippen LogP contribution in [-0.4, -0.2) is 75.2 Å². The van der Waals surface area contributed by atoms with Crippen LogP contribution in [0, 0.1) is 0 Å². The van der Waals surface area contributed by atoms with Crippen molar-refractivity contribution in [2.45, 2.75) is 0 Å². The van der Waals surface area contributed by atoms with Gasteiger partial charge >= 0.3 is 0 Å². The molecular weight excluding hydrogens is 457 g/mol. The largest absolute Gasteiger partial charge is 0.497 e. The van der Waals surface area contributed by atoms with Crippen LogP contribution in [0.25, 0.3) is 0 Å². The smallest absolute Gasteiger partial charge is 0.253 e. The first-order valence-electron chi connectivity index (χ1n) is 11.8. The third kappa shape index (κ3) is 6.04. The topological polar surface area (TPSA) is 88.2 Å². The molecule has 4 rings (SSSR count). The van der Waals surface area contributed by atoms with E-state index in [0.717, 1.165) is 5.46 Å². The monoisotopic (exact) mass is 485 g/mol. The zero-order valence-electron chi connectivity index (χ0n) is 20.4. The molecule has 1 N–H and O–H groups in total. The Kier molecular flexibility index (Phi) is 7.90. The minimum Gasteiger partial charge on any atom is -0.497 e. The van der Waals surface area contributed by atoms with Crippen molar-refractivity contribution < 1.29 is 23.9 Å². The Bertz CT molecular complexity index is 1230. The number of para-hydroxylation sites is 1. The first kappa shape index (κ1) is 24.8. The number of amides is 3. The van der Waals surface area contributed by atoms with E-state index >= 15 is 0 Å². The molecule has 0 bridgehead atoms. The van der Waals surface area contributed by atoms with Crippen LogP contribution >= 0.6 is 0 Å². The highest BCUT2D eigenvalue weighted by molar-refractivity contribution is 6.36. The van der Waals surface area contributed by atoms with Crippen LogP contribution in [0.5, 0.6) is 17.2 Å². The van der Waals surface area contributed by atoms with Crippen molar-refractivity contribution in [3.63, 3.8) is 0 Å². The zero-order valence-corrected chi connectivity index (χ0v) is 20.4. The zero-order chi connectivity index (χ0) is 25.5. The number of hydrogen-bond acceptors (Lipinski definition) is 5. The quantitative estimate of drug-likeness (QED) is 0.513. The van der Waals surface area contributed by atoms with Crippen molar-refractivity contribution >= 4 is 31.0 Å². The molecule has 1 aliphatic rings. The van der Waals surface area contributed by atoms with E-state index in [1.54, 1.807) is 47.2 Å². The first-order chi connectivity index (χ1) is 17.4. The summed E-state index contributed by atoms with van der Waals surface area (Å²) < 4.78 is 11.0. The summed E-state index contributed by atoms with van der Waals surface area (Å²) >= 11 is 0. The highest BCUT2D eigenvalue weighted by Crippen LogP contribution is 2.21. The van der Waals surface area contributed by atoms with Gasteiger partial charge in [-0.25, -0.2) is 0 Å². The lowest BCUT2D eigenvalue weighted by molar-refractivity contribution is -0.131. The number of benzene rings is 3. The fourth-order valence-electron chi connectivity index (χ4n) is 3.96. The van der Waals surface area contributed by atoms with Crippen LogP contribution in [0.3, 0.4) is 0 Å². The van der Waals surface area contributed by atoms with Gasteiger partial charge in [0, 0.05) is 37.3 Å². The normalized spacial score (nSPS) is 13.1.